The van der Waals surface area contributed by atoms with Gasteiger partial charge in [-0.1, -0.05) is 6.58 Å². The number of hydrogen-bond acceptors (Lipinski definition) is 4. The molecule has 0 radical (unpaired) electrons. The summed E-state index contributed by atoms with van der Waals surface area (Å²) in [5.74, 6) is -1.03. The zero-order chi connectivity index (χ0) is 10.1. The number of ketones is 1. The number of hydrogen-bond donors (Lipinski definition) is 0. The van der Waals surface area contributed by atoms with E-state index in [1.165, 1.54) is 20.1 Å². The van der Waals surface area contributed by atoms with Crippen molar-refractivity contribution in [2.24, 2.45) is 0 Å². The third-order valence-corrected chi connectivity index (χ3v) is 1.85. The molecule has 0 N–H and O–H groups in total. The molecule has 1 heterocycles. The van der Waals surface area contributed by atoms with Gasteiger partial charge in [-0.15, -0.1) is 0 Å². The number of rotatable bonds is 2. The maximum absolute atomic E-state index is 11.3. The molecule has 0 amide bonds. The Bertz CT molecular complexity index is 303. The van der Waals surface area contributed by atoms with Gasteiger partial charge < -0.3 is 9.47 Å². The maximum atomic E-state index is 11.3. The molecule has 1 aliphatic rings. The second-order valence-corrected chi connectivity index (χ2v) is 2.78. The Morgan fingerprint density at radius 3 is 2.77 bits per heavy atom. The number of methoxy groups -OCH3 is 1. The van der Waals surface area contributed by atoms with E-state index in [1.54, 1.807) is 0 Å². The van der Waals surface area contributed by atoms with Gasteiger partial charge in [0, 0.05) is 6.08 Å². The monoisotopic (exact) mass is 182 g/mol. The quantitative estimate of drug-likeness (QED) is 0.463. The van der Waals surface area contributed by atoms with Crippen LogP contribution >= 0.6 is 0 Å². The van der Waals surface area contributed by atoms with E-state index in [9.17, 15) is 9.59 Å². The fourth-order valence-corrected chi connectivity index (χ4v) is 0.914. The van der Waals surface area contributed by atoms with E-state index in [1.807, 2.05) is 0 Å². The van der Waals surface area contributed by atoms with Crippen molar-refractivity contribution in [2.75, 3.05) is 7.11 Å². The Morgan fingerprint density at radius 2 is 2.38 bits per heavy atom. The minimum Gasteiger partial charge on any atom is -0.468 e. The predicted molar refractivity (Wildman–Crippen MR) is 44.8 cm³/mol. The lowest BCUT2D eigenvalue weighted by molar-refractivity contribution is -0.142. The van der Waals surface area contributed by atoms with Crippen LogP contribution in [0.5, 0.6) is 0 Å². The standard InChI is InChI=1S/C9H10O4/c1-4-9(2)7(10)5-6(13-9)8(11)12-3/h4-5H,1H2,2-3H3. The van der Waals surface area contributed by atoms with E-state index in [0.29, 0.717) is 0 Å². The summed E-state index contributed by atoms with van der Waals surface area (Å²) in [6, 6.07) is 0. The van der Waals surface area contributed by atoms with Crippen LogP contribution in [-0.2, 0) is 19.1 Å². The van der Waals surface area contributed by atoms with Crippen molar-refractivity contribution in [3.63, 3.8) is 0 Å². The third-order valence-electron chi connectivity index (χ3n) is 1.85. The van der Waals surface area contributed by atoms with Crippen LogP contribution in [0.4, 0.5) is 0 Å². The topological polar surface area (TPSA) is 52.6 Å². The molecule has 13 heavy (non-hydrogen) atoms. The van der Waals surface area contributed by atoms with Crippen molar-refractivity contribution >= 4 is 11.8 Å². The second kappa shape index (κ2) is 3.05. The summed E-state index contributed by atoms with van der Waals surface area (Å²) >= 11 is 0. The van der Waals surface area contributed by atoms with Gasteiger partial charge in [0.2, 0.25) is 11.5 Å². The van der Waals surface area contributed by atoms with Crippen LogP contribution in [0.3, 0.4) is 0 Å². The summed E-state index contributed by atoms with van der Waals surface area (Å²) in [4.78, 5) is 22.2. The fourth-order valence-electron chi connectivity index (χ4n) is 0.914. The van der Waals surface area contributed by atoms with Crippen molar-refractivity contribution < 1.29 is 19.1 Å². The molecule has 0 bridgehead atoms. The van der Waals surface area contributed by atoms with Crippen molar-refractivity contribution in [3.8, 4) is 0 Å². The van der Waals surface area contributed by atoms with Crippen LogP contribution in [0.2, 0.25) is 0 Å². The van der Waals surface area contributed by atoms with E-state index in [2.05, 4.69) is 11.3 Å². The highest BCUT2D eigenvalue weighted by molar-refractivity contribution is 6.06. The Morgan fingerprint density at radius 1 is 1.77 bits per heavy atom. The maximum Gasteiger partial charge on any atom is 0.373 e. The summed E-state index contributed by atoms with van der Waals surface area (Å²) in [5, 5.41) is 0. The molecule has 0 fully saturated rings. The molecule has 0 saturated carbocycles. The average molecular weight is 182 g/mol. The van der Waals surface area contributed by atoms with Crippen molar-refractivity contribution in [1.82, 2.24) is 0 Å². The minimum absolute atomic E-state index is 0.0742. The summed E-state index contributed by atoms with van der Waals surface area (Å²) in [7, 11) is 1.22. The van der Waals surface area contributed by atoms with Crippen LogP contribution in [0.15, 0.2) is 24.5 Å². The Hall–Kier alpha value is -1.58. The highest BCUT2D eigenvalue weighted by atomic mass is 16.6. The van der Waals surface area contributed by atoms with Crippen LogP contribution in [0.25, 0.3) is 0 Å². The van der Waals surface area contributed by atoms with E-state index in [0.717, 1.165) is 6.08 Å². The largest absolute Gasteiger partial charge is 0.468 e. The van der Waals surface area contributed by atoms with E-state index < -0.39 is 11.6 Å². The van der Waals surface area contributed by atoms with Gasteiger partial charge in [-0.3, -0.25) is 4.79 Å². The SMILES string of the molecule is C=CC1(C)OC(C(=O)OC)=CC1=O. The van der Waals surface area contributed by atoms with Gasteiger partial charge in [-0.2, -0.15) is 0 Å². The molecule has 0 aliphatic carbocycles. The van der Waals surface area contributed by atoms with Crippen LogP contribution < -0.4 is 0 Å². The molecular weight excluding hydrogens is 172 g/mol. The van der Waals surface area contributed by atoms with Gasteiger partial charge >= 0.3 is 5.97 Å². The number of esters is 1. The normalized spacial score (nSPS) is 26.3. The van der Waals surface area contributed by atoms with Crippen LogP contribution in [0.1, 0.15) is 6.92 Å². The molecule has 70 valence electrons. The summed E-state index contributed by atoms with van der Waals surface area (Å²) in [5.41, 5.74) is -1.12. The molecule has 0 aromatic rings. The molecule has 0 aromatic carbocycles. The second-order valence-electron chi connectivity index (χ2n) is 2.78. The summed E-state index contributed by atoms with van der Waals surface area (Å²) < 4.78 is 9.48. The molecule has 0 aromatic heterocycles. The molecule has 1 unspecified atom stereocenters. The lowest BCUT2D eigenvalue weighted by atomic mass is 10.0. The summed E-state index contributed by atoms with van der Waals surface area (Å²) in [6.07, 6.45) is 2.47. The van der Waals surface area contributed by atoms with Gasteiger partial charge in [-0.05, 0) is 13.0 Å². The highest BCUT2D eigenvalue weighted by Crippen LogP contribution is 2.26. The molecule has 1 rings (SSSR count). The first-order chi connectivity index (χ1) is 6.03. The van der Waals surface area contributed by atoms with Crippen LogP contribution in [-0.4, -0.2) is 24.5 Å². The van der Waals surface area contributed by atoms with E-state index in [4.69, 9.17) is 4.74 Å². The number of carbonyl (C=O) groups is 2. The highest BCUT2D eigenvalue weighted by Gasteiger charge is 2.39. The van der Waals surface area contributed by atoms with E-state index >= 15 is 0 Å². The Labute approximate surface area is 75.8 Å². The number of ether oxygens (including phenoxy) is 2. The Kier molecular flexibility index (Phi) is 2.23. The van der Waals surface area contributed by atoms with Crippen LogP contribution in [0, 0.1) is 0 Å². The molecule has 0 saturated heterocycles. The Balaban J connectivity index is 2.88. The zero-order valence-electron chi connectivity index (χ0n) is 7.49. The average Bonchev–Trinajstić information content (AvgIpc) is 2.43. The molecular formula is C9H10O4. The third kappa shape index (κ3) is 1.47. The lowest BCUT2D eigenvalue weighted by Crippen LogP contribution is -2.30. The van der Waals surface area contributed by atoms with Gasteiger partial charge in [0.15, 0.2) is 5.60 Å². The van der Waals surface area contributed by atoms with E-state index in [-0.39, 0.29) is 11.5 Å². The van der Waals surface area contributed by atoms with Gasteiger partial charge in [-0.25, -0.2) is 4.79 Å². The van der Waals surface area contributed by atoms with Crippen molar-refractivity contribution in [2.45, 2.75) is 12.5 Å². The molecule has 1 aliphatic heterocycles. The van der Waals surface area contributed by atoms with Gasteiger partial charge in [0.25, 0.3) is 0 Å². The van der Waals surface area contributed by atoms with Crippen molar-refractivity contribution in [1.29, 1.82) is 0 Å². The molecule has 4 heteroatoms. The first-order valence-corrected chi connectivity index (χ1v) is 3.70. The number of carbonyl (C=O) groups excluding carboxylic acids is 2. The van der Waals surface area contributed by atoms with Gasteiger partial charge in [0.05, 0.1) is 7.11 Å². The molecule has 0 spiro atoms. The summed E-state index contributed by atoms with van der Waals surface area (Å²) in [6.45, 7) is 4.99. The first kappa shape index (κ1) is 9.51. The van der Waals surface area contributed by atoms with Crippen molar-refractivity contribution in [3.05, 3.63) is 24.5 Å². The lowest BCUT2D eigenvalue weighted by Gasteiger charge is -2.17. The first-order valence-electron chi connectivity index (χ1n) is 3.70. The minimum atomic E-state index is -1.12. The fraction of sp³-hybridized carbons (Fsp3) is 0.333. The predicted octanol–water partition coefficient (Wildman–Crippen LogP) is 0.587. The smallest absolute Gasteiger partial charge is 0.373 e. The van der Waals surface area contributed by atoms with Gasteiger partial charge in [0.1, 0.15) is 0 Å². The molecule has 1 atom stereocenters. The molecule has 4 nitrogen and oxygen atoms in total. The zero-order valence-corrected chi connectivity index (χ0v) is 7.49.